The van der Waals surface area contributed by atoms with Crippen LogP contribution in [0.5, 0.6) is 5.75 Å². The van der Waals surface area contributed by atoms with Crippen LogP contribution in [0.2, 0.25) is 0 Å². The lowest BCUT2D eigenvalue weighted by Gasteiger charge is -2.12. The molecule has 0 fully saturated rings. The number of rotatable bonds is 11. The van der Waals surface area contributed by atoms with Crippen molar-refractivity contribution in [3.8, 4) is 5.75 Å². The van der Waals surface area contributed by atoms with Crippen LogP contribution in [0.4, 0.5) is 11.4 Å². The van der Waals surface area contributed by atoms with Crippen LogP contribution in [-0.2, 0) is 17.9 Å². The molecule has 3 aromatic rings. The number of phenolic OH excluding ortho intramolecular Hbond substituents is 1. The van der Waals surface area contributed by atoms with Crippen LogP contribution in [0, 0.1) is 13.7 Å². The second-order valence-electron chi connectivity index (χ2n) is 7.15. The molecule has 0 radical (unpaired) electrons. The summed E-state index contributed by atoms with van der Waals surface area (Å²) in [5, 5.41) is 36.3. The number of allylic oxidation sites excluding steroid dienone is 1. The van der Waals surface area contributed by atoms with Crippen molar-refractivity contribution in [2.45, 2.75) is 30.4 Å². The molecule has 2 aromatic carbocycles. The third-order valence-corrected chi connectivity index (χ3v) is 6.45. The molecule has 1 aromatic heterocycles. The fraction of sp³-hybridized carbons (Fsp3) is 0.182. The number of benzene rings is 2. The average molecular weight is 607 g/mol. The third kappa shape index (κ3) is 7.26. The molecule has 3 rings (SSSR count). The van der Waals surface area contributed by atoms with E-state index in [4.69, 9.17) is 0 Å². The second-order valence-corrected chi connectivity index (χ2v) is 9.71. The molecule has 182 valence electrons. The highest BCUT2D eigenvalue weighted by atomic mass is 127. The second kappa shape index (κ2) is 12.3. The van der Waals surface area contributed by atoms with Crippen molar-refractivity contribution >= 4 is 57.8 Å². The van der Waals surface area contributed by atoms with Gasteiger partial charge in [-0.15, -0.1) is 16.8 Å². The number of nitro groups is 1. The lowest BCUT2D eigenvalue weighted by molar-refractivity contribution is -0.384. The Balaban J connectivity index is 1.62. The monoisotopic (exact) mass is 607 g/mol. The van der Waals surface area contributed by atoms with Gasteiger partial charge in [-0.1, -0.05) is 17.8 Å². The molecule has 0 unspecified atom stereocenters. The Labute approximate surface area is 219 Å². The van der Waals surface area contributed by atoms with Gasteiger partial charge in [0.2, 0.25) is 0 Å². The van der Waals surface area contributed by atoms with Crippen LogP contribution in [0.25, 0.3) is 0 Å². The molecule has 0 aliphatic rings. The molecule has 0 aliphatic carbocycles. The molecular formula is C22H22IN7O4S. The van der Waals surface area contributed by atoms with E-state index in [9.17, 15) is 20.0 Å². The maximum atomic E-state index is 12.5. The number of hydrogen-bond donors (Lipinski definition) is 3. The molecule has 13 heteroatoms. The van der Waals surface area contributed by atoms with Gasteiger partial charge < -0.3 is 15.0 Å². The normalized spacial score (nSPS) is 11.8. The Morgan fingerprint density at radius 1 is 1.34 bits per heavy atom. The molecule has 0 saturated carbocycles. The molecule has 0 bridgehead atoms. The summed E-state index contributed by atoms with van der Waals surface area (Å²) in [7, 11) is 0. The average Bonchev–Trinajstić information content (AvgIpc) is 3.20. The number of phenols is 1. The van der Waals surface area contributed by atoms with Gasteiger partial charge in [0.05, 0.1) is 22.9 Å². The van der Waals surface area contributed by atoms with E-state index in [1.807, 2.05) is 28.8 Å². The SMILES string of the molecule is C=CCn1c(CNc2ccc(I)cc2)nnc1S[C@H](C)C(=O)N/N=C\c1cc([N+](=O)[O-])ccc1O. The number of aromatic nitrogens is 3. The number of hydrogen-bond acceptors (Lipinski definition) is 9. The van der Waals surface area contributed by atoms with Gasteiger partial charge in [-0.2, -0.15) is 5.10 Å². The van der Waals surface area contributed by atoms with Gasteiger partial charge >= 0.3 is 0 Å². The maximum Gasteiger partial charge on any atom is 0.270 e. The fourth-order valence-electron chi connectivity index (χ4n) is 2.83. The summed E-state index contributed by atoms with van der Waals surface area (Å²) in [5.41, 5.74) is 3.23. The Bertz CT molecular complexity index is 1250. The summed E-state index contributed by atoms with van der Waals surface area (Å²) in [4.78, 5) is 22.8. The van der Waals surface area contributed by atoms with Crippen molar-refractivity contribution in [3.63, 3.8) is 0 Å². The van der Waals surface area contributed by atoms with Crippen molar-refractivity contribution in [1.82, 2.24) is 20.2 Å². The summed E-state index contributed by atoms with van der Waals surface area (Å²) in [6, 6.07) is 11.5. The van der Waals surface area contributed by atoms with Crippen molar-refractivity contribution in [2.24, 2.45) is 5.10 Å². The quantitative estimate of drug-likeness (QED) is 0.0742. The largest absolute Gasteiger partial charge is 0.507 e. The number of aromatic hydroxyl groups is 1. The molecule has 0 aliphatic heterocycles. The first-order valence-electron chi connectivity index (χ1n) is 10.3. The van der Waals surface area contributed by atoms with Crippen molar-refractivity contribution in [2.75, 3.05) is 5.32 Å². The van der Waals surface area contributed by atoms with E-state index in [0.29, 0.717) is 24.1 Å². The molecular weight excluding hydrogens is 585 g/mol. The lowest BCUT2D eigenvalue weighted by Crippen LogP contribution is -2.27. The van der Waals surface area contributed by atoms with Gasteiger partial charge in [0.1, 0.15) is 5.75 Å². The molecule has 0 spiro atoms. The lowest BCUT2D eigenvalue weighted by atomic mass is 10.2. The van der Waals surface area contributed by atoms with E-state index in [2.05, 4.69) is 55.2 Å². The highest BCUT2D eigenvalue weighted by Crippen LogP contribution is 2.24. The van der Waals surface area contributed by atoms with Gasteiger partial charge in [0.15, 0.2) is 11.0 Å². The zero-order chi connectivity index (χ0) is 25.4. The minimum atomic E-state index is -0.586. The molecule has 3 N–H and O–H groups in total. The van der Waals surface area contributed by atoms with Gasteiger partial charge in [0, 0.05) is 33.5 Å². The van der Waals surface area contributed by atoms with E-state index in [1.54, 1.807) is 13.0 Å². The van der Waals surface area contributed by atoms with E-state index < -0.39 is 16.1 Å². The number of carbonyl (C=O) groups is 1. The number of non-ortho nitro benzene ring substituents is 1. The predicted octanol–water partition coefficient (Wildman–Crippen LogP) is 3.93. The summed E-state index contributed by atoms with van der Waals surface area (Å²) >= 11 is 3.45. The van der Waals surface area contributed by atoms with Gasteiger partial charge in [0.25, 0.3) is 11.6 Å². The number of carbonyl (C=O) groups excluding carboxylic acids is 1. The van der Waals surface area contributed by atoms with Crippen molar-refractivity contribution < 1.29 is 14.8 Å². The number of halogens is 1. The number of amides is 1. The van der Waals surface area contributed by atoms with Gasteiger partial charge in [-0.3, -0.25) is 14.9 Å². The maximum absolute atomic E-state index is 12.5. The summed E-state index contributed by atoms with van der Waals surface area (Å²) in [6.45, 7) is 6.39. The summed E-state index contributed by atoms with van der Waals surface area (Å²) in [6.07, 6.45) is 2.87. The molecule has 35 heavy (non-hydrogen) atoms. The molecule has 1 amide bonds. The number of nitrogens with zero attached hydrogens (tertiary/aromatic N) is 5. The minimum absolute atomic E-state index is 0.107. The van der Waals surface area contributed by atoms with Crippen molar-refractivity contribution in [3.05, 3.63) is 80.2 Å². The highest BCUT2D eigenvalue weighted by Gasteiger charge is 2.20. The van der Waals surface area contributed by atoms with E-state index in [1.165, 1.54) is 23.9 Å². The first-order valence-corrected chi connectivity index (χ1v) is 12.2. The summed E-state index contributed by atoms with van der Waals surface area (Å²) in [5.74, 6) is 0.0838. The standard InChI is InChI=1S/C22H22IN7O4S/c1-3-10-29-20(13-24-17-6-4-16(23)5-7-17)26-28-22(29)35-14(2)21(32)27-25-12-15-11-18(30(33)34)8-9-19(15)31/h3-9,11-12,14,24,31H,1,10,13H2,2H3,(H,27,32)/b25-12-/t14-/m1/s1. The summed E-state index contributed by atoms with van der Waals surface area (Å²) < 4.78 is 3.01. The van der Waals surface area contributed by atoms with Crippen molar-refractivity contribution in [1.29, 1.82) is 0 Å². The number of thioether (sulfide) groups is 1. The Hall–Kier alpha value is -3.46. The topological polar surface area (TPSA) is 148 Å². The number of nitrogens with one attached hydrogen (secondary N) is 2. The van der Waals surface area contributed by atoms with Gasteiger partial charge in [-0.05, 0) is 59.8 Å². The molecule has 1 heterocycles. The number of nitro benzene ring substituents is 1. The molecule has 1 atom stereocenters. The number of anilines is 1. The Morgan fingerprint density at radius 2 is 2.09 bits per heavy atom. The smallest absolute Gasteiger partial charge is 0.270 e. The first-order chi connectivity index (χ1) is 16.8. The van der Waals surface area contributed by atoms with E-state index >= 15 is 0 Å². The molecule has 0 saturated heterocycles. The van der Waals surface area contributed by atoms with Crippen LogP contribution < -0.4 is 10.7 Å². The third-order valence-electron chi connectivity index (χ3n) is 4.65. The number of hydrazone groups is 1. The minimum Gasteiger partial charge on any atom is -0.507 e. The molecule has 11 nitrogen and oxygen atoms in total. The Kier molecular flexibility index (Phi) is 9.19. The van der Waals surface area contributed by atoms with Crippen LogP contribution in [0.1, 0.15) is 18.3 Å². The highest BCUT2D eigenvalue weighted by molar-refractivity contribution is 14.1. The fourth-order valence-corrected chi connectivity index (χ4v) is 4.06. The van der Waals surface area contributed by atoms with Crippen LogP contribution in [0.15, 0.2) is 65.4 Å². The van der Waals surface area contributed by atoms with Gasteiger partial charge in [-0.25, -0.2) is 5.43 Å². The predicted molar refractivity (Wildman–Crippen MR) is 143 cm³/mol. The van der Waals surface area contributed by atoms with E-state index in [0.717, 1.165) is 21.5 Å². The Morgan fingerprint density at radius 3 is 2.77 bits per heavy atom. The van der Waals surface area contributed by atoms with Crippen LogP contribution in [-0.4, -0.2) is 42.2 Å². The van der Waals surface area contributed by atoms with Crippen LogP contribution in [0.3, 0.4) is 0 Å². The zero-order valence-corrected chi connectivity index (χ0v) is 21.6. The van der Waals surface area contributed by atoms with Crippen LogP contribution >= 0.6 is 34.4 Å². The zero-order valence-electron chi connectivity index (χ0n) is 18.6. The first kappa shape index (κ1) is 26.2. The van der Waals surface area contributed by atoms with E-state index in [-0.39, 0.29) is 17.0 Å².